The van der Waals surface area contributed by atoms with Crippen molar-refractivity contribution >= 4 is 35.8 Å². The first-order valence-corrected chi connectivity index (χ1v) is 11.7. The summed E-state index contributed by atoms with van der Waals surface area (Å²) in [7, 11) is 3.75. The number of carbonyl (C=O) groups excluding carboxylic acids is 1. The number of benzene rings is 1. The Balaban J connectivity index is 0.00000363. The number of methoxy groups -OCH3 is 1. The van der Waals surface area contributed by atoms with E-state index in [1.165, 1.54) is 18.4 Å². The van der Waals surface area contributed by atoms with E-state index in [0.29, 0.717) is 11.8 Å². The third kappa shape index (κ3) is 7.79. The Morgan fingerprint density at radius 2 is 1.81 bits per heavy atom. The molecular formula is C24H40IN5O2. The molecule has 180 valence electrons. The van der Waals surface area contributed by atoms with E-state index in [-0.39, 0.29) is 24.0 Å². The van der Waals surface area contributed by atoms with Crippen molar-refractivity contribution in [3.8, 4) is 5.75 Å². The summed E-state index contributed by atoms with van der Waals surface area (Å²) in [6.45, 7) is 9.02. The molecule has 1 N–H and O–H groups in total. The fourth-order valence-corrected chi connectivity index (χ4v) is 4.47. The maximum Gasteiger partial charge on any atom is 0.225 e. The Kier molecular flexibility index (Phi) is 11.6. The first-order valence-electron chi connectivity index (χ1n) is 11.7. The molecule has 0 bridgehead atoms. The van der Waals surface area contributed by atoms with Gasteiger partial charge < -0.3 is 19.9 Å². The molecule has 1 saturated heterocycles. The molecule has 1 heterocycles. The third-order valence-electron chi connectivity index (χ3n) is 6.34. The van der Waals surface area contributed by atoms with Gasteiger partial charge in [0.05, 0.1) is 13.7 Å². The average Bonchev–Trinajstić information content (AvgIpc) is 3.34. The number of nitrogens with zero attached hydrogens (tertiary/aromatic N) is 4. The summed E-state index contributed by atoms with van der Waals surface area (Å²) in [5.41, 5.74) is 1.22. The monoisotopic (exact) mass is 557 g/mol. The van der Waals surface area contributed by atoms with Gasteiger partial charge in [0.25, 0.3) is 0 Å². The fourth-order valence-electron chi connectivity index (χ4n) is 4.47. The van der Waals surface area contributed by atoms with E-state index in [4.69, 9.17) is 9.73 Å². The summed E-state index contributed by atoms with van der Waals surface area (Å²) in [5.74, 6) is 2.48. The summed E-state index contributed by atoms with van der Waals surface area (Å²) < 4.78 is 5.24. The van der Waals surface area contributed by atoms with Crippen LogP contribution in [0.2, 0.25) is 0 Å². The first kappa shape index (κ1) is 26.7. The van der Waals surface area contributed by atoms with Gasteiger partial charge in [0.1, 0.15) is 5.75 Å². The van der Waals surface area contributed by atoms with Crippen LogP contribution in [-0.2, 0) is 11.3 Å². The highest BCUT2D eigenvalue weighted by atomic mass is 127. The van der Waals surface area contributed by atoms with Gasteiger partial charge in [0, 0.05) is 58.8 Å². The quantitative estimate of drug-likeness (QED) is 0.303. The Morgan fingerprint density at radius 3 is 2.41 bits per heavy atom. The molecule has 0 aromatic heterocycles. The molecule has 2 aliphatic rings. The number of nitrogens with one attached hydrogen (secondary N) is 1. The summed E-state index contributed by atoms with van der Waals surface area (Å²) in [4.78, 5) is 24.1. The molecule has 1 aliphatic carbocycles. The van der Waals surface area contributed by atoms with Crippen molar-refractivity contribution in [2.75, 3.05) is 60.0 Å². The minimum Gasteiger partial charge on any atom is -0.497 e. The van der Waals surface area contributed by atoms with Gasteiger partial charge in [-0.05, 0) is 37.5 Å². The van der Waals surface area contributed by atoms with Crippen LogP contribution in [-0.4, -0.2) is 86.5 Å². The van der Waals surface area contributed by atoms with Gasteiger partial charge in [-0.1, -0.05) is 25.0 Å². The van der Waals surface area contributed by atoms with Crippen molar-refractivity contribution in [3.63, 3.8) is 0 Å². The maximum absolute atomic E-state index is 12.6. The number of carbonyl (C=O) groups is 1. The van der Waals surface area contributed by atoms with E-state index in [2.05, 4.69) is 46.1 Å². The van der Waals surface area contributed by atoms with Crippen molar-refractivity contribution in [2.45, 2.75) is 39.2 Å². The van der Waals surface area contributed by atoms with Crippen molar-refractivity contribution in [2.24, 2.45) is 10.9 Å². The van der Waals surface area contributed by atoms with Crippen LogP contribution in [0.3, 0.4) is 0 Å². The highest BCUT2D eigenvalue weighted by molar-refractivity contribution is 14.0. The maximum atomic E-state index is 12.6. The van der Waals surface area contributed by atoms with Crippen LogP contribution in [0, 0.1) is 5.92 Å². The van der Waals surface area contributed by atoms with Crippen LogP contribution in [0.4, 0.5) is 0 Å². The molecule has 0 spiro atoms. The zero-order valence-corrected chi connectivity index (χ0v) is 22.2. The van der Waals surface area contributed by atoms with E-state index < -0.39 is 0 Å². The van der Waals surface area contributed by atoms with Gasteiger partial charge in [-0.25, -0.2) is 0 Å². The molecule has 2 fully saturated rings. The van der Waals surface area contributed by atoms with Crippen molar-refractivity contribution in [1.82, 2.24) is 20.0 Å². The molecule has 32 heavy (non-hydrogen) atoms. The minimum atomic E-state index is 0. The second-order valence-electron chi connectivity index (χ2n) is 8.59. The molecular weight excluding hydrogens is 517 g/mol. The summed E-state index contributed by atoms with van der Waals surface area (Å²) >= 11 is 0. The summed E-state index contributed by atoms with van der Waals surface area (Å²) in [6.07, 6.45) is 4.61. The average molecular weight is 558 g/mol. The number of amides is 1. The standard InChI is InChI=1S/C24H39N5O2.HI/c1-4-25-24(27(2)19-20-9-11-22(31-3)12-10-20)26-13-14-28-15-17-29(18-16-28)23(30)21-7-5-6-8-21;/h9-12,21H,4-8,13-19H2,1-3H3,(H,25,26);1H. The van der Waals surface area contributed by atoms with E-state index >= 15 is 0 Å². The Bertz CT molecular complexity index is 714. The molecule has 1 aliphatic heterocycles. The first-order chi connectivity index (χ1) is 15.1. The lowest BCUT2D eigenvalue weighted by molar-refractivity contribution is -0.137. The van der Waals surface area contributed by atoms with Gasteiger partial charge in [0.15, 0.2) is 5.96 Å². The molecule has 1 saturated carbocycles. The number of hydrogen-bond acceptors (Lipinski definition) is 4. The largest absolute Gasteiger partial charge is 0.497 e. The van der Waals surface area contributed by atoms with E-state index in [0.717, 1.165) is 76.9 Å². The lowest BCUT2D eigenvalue weighted by atomic mass is 10.1. The zero-order valence-electron chi connectivity index (χ0n) is 19.9. The minimum absolute atomic E-state index is 0. The lowest BCUT2D eigenvalue weighted by Crippen LogP contribution is -2.50. The molecule has 0 radical (unpaired) electrons. The second kappa shape index (κ2) is 13.9. The third-order valence-corrected chi connectivity index (χ3v) is 6.34. The molecule has 1 aromatic rings. The Morgan fingerprint density at radius 1 is 1.16 bits per heavy atom. The topological polar surface area (TPSA) is 60.4 Å². The van der Waals surface area contributed by atoms with Gasteiger partial charge in [-0.2, -0.15) is 0 Å². The summed E-state index contributed by atoms with van der Waals surface area (Å²) in [5, 5.41) is 3.40. The van der Waals surface area contributed by atoms with E-state index in [9.17, 15) is 4.79 Å². The number of ether oxygens (including phenoxy) is 1. The highest BCUT2D eigenvalue weighted by Crippen LogP contribution is 2.26. The zero-order chi connectivity index (χ0) is 22.1. The van der Waals surface area contributed by atoms with Gasteiger partial charge in [-0.3, -0.25) is 14.7 Å². The van der Waals surface area contributed by atoms with Crippen LogP contribution in [0.15, 0.2) is 29.3 Å². The SMILES string of the molecule is CCNC(=NCCN1CCN(C(=O)C2CCCC2)CC1)N(C)Cc1ccc(OC)cc1.I. The number of rotatable bonds is 8. The molecule has 0 atom stereocenters. The second-order valence-corrected chi connectivity index (χ2v) is 8.59. The number of aliphatic imine (C=N–C) groups is 1. The van der Waals surface area contributed by atoms with Crippen molar-refractivity contribution in [1.29, 1.82) is 0 Å². The van der Waals surface area contributed by atoms with Crippen LogP contribution in [0.1, 0.15) is 38.2 Å². The number of guanidine groups is 1. The Labute approximate surface area is 210 Å². The van der Waals surface area contributed by atoms with Crippen molar-refractivity contribution in [3.05, 3.63) is 29.8 Å². The van der Waals surface area contributed by atoms with E-state index in [1.807, 2.05) is 12.1 Å². The molecule has 1 aromatic carbocycles. The molecule has 1 amide bonds. The summed E-state index contributed by atoms with van der Waals surface area (Å²) in [6, 6.07) is 8.16. The lowest BCUT2D eigenvalue weighted by Gasteiger charge is -2.35. The van der Waals surface area contributed by atoms with Crippen LogP contribution in [0.5, 0.6) is 5.75 Å². The molecule has 3 rings (SSSR count). The molecule has 8 heteroatoms. The fraction of sp³-hybridized carbons (Fsp3) is 0.667. The van der Waals surface area contributed by atoms with Gasteiger partial charge >= 0.3 is 0 Å². The smallest absolute Gasteiger partial charge is 0.225 e. The van der Waals surface area contributed by atoms with Crippen molar-refractivity contribution < 1.29 is 9.53 Å². The normalized spacial score (nSPS) is 17.7. The van der Waals surface area contributed by atoms with Gasteiger partial charge in [0.2, 0.25) is 5.91 Å². The number of halogens is 1. The highest BCUT2D eigenvalue weighted by Gasteiger charge is 2.29. The van der Waals surface area contributed by atoms with E-state index in [1.54, 1.807) is 7.11 Å². The van der Waals surface area contributed by atoms with Crippen LogP contribution < -0.4 is 10.1 Å². The molecule has 7 nitrogen and oxygen atoms in total. The van der Waals surface area contributed by atoms with Crippen LogP contribution in [0.25, 0.3) is 0 Å². The molecule has 0 unspecified atom stereocenters. The predicted molar refractivity (Wildman–Crippen MR) is 141 cm³/mol. The number of hydrogen-bond donors (Lipinski definition) is 1. The Hall–Kier alpha value is -1.55. The number of piperazine rings is 1. The van der Waals surface area contributed by atoms with Gasteiger partial charge in [-0.15, -0.1) is 24.0 Å². The van der Waals surface area contributed by atoms with Crippen LogP contribution >= 0.6 is 24.0 Å². The predicted octanol–water partition coefficient (Wildman–Crippen LogP) is 3.04.